The van der Waals surface area contributed by atoms with Crippen LogP contribution in [0.5, 0.6) is 0 Å². The van der Waals surface area contributed by atoms with E-state index in [1.54, 1.807) is 12.3 Å². The van der Waals surface area contributed by atoms with Crippen molar-refractivity contribution < 1.29 is 4.79 Å². The van der Waals surface area contributed by atoms with E-state index in [1.165, 1.54) is 19.3 Å². The van der Waals surface area contributed by atoms with Crippen molar-refractivity contribution in [2.45, 2.75) is 38.1 Å². The van der Waals surface area contributed by atoms with Gasteiger partial charge in [-0.1, -0.05) is 19.3 Å². The number of hydrogen-bond donors (Lipinski definition) is 1. The summed E-state index contributed by atoms with van der Waals surface area (Å²) >= 11 is 5.80. The topological polar surface area (TPSA) is 49.0 Å². The molecule has 0 atom stereocenters. The number of nitrogens with zero attached hydrogens (tertiary/aromatic N) is 2. The molecular formula is C12H18ClN3O. The smallest absolute Gasteiger partial charge is 0.272 e. The standard InChI is InChI=1S/C12H18ClN3O/c13-7-9-16(10-4-2-1-3-5-10)12(17)11-6-8-14-15-11/h6,8,10H,1-5,7,9H2,(H,14,15). The summed E-state index contributed by atoms with van der Waals surface area (Å²) in [6, 6.07) is 2.06. The van der Waals surface area contributed by atoms with E-state index in [-0.39, 0.29) is 5.91 Å². The van der Waals surface area contributed by atoms with E-state index < -0.39 is 0 Å². The van der Waals surface area contributed by atoms with Gasteiger partial charge in [0.05, 0.1) is 0 Å². The van der Waals surface area contributed by atoms with Gasteiger partial charge in [-0.2, -0.15) is 5.10 Å². The predicted molar refractivity (Wildman–Crippen MR) is 67.2 cm³/mol. The first kappa shape index (κ1) is 12.4. The Kier molecular flexibility index (Phi) is 4.42. The molecular weight excluding hydrogens is 238 g/mol. The van der Waals surface area contributed by atoms with Crippen LogP contribution in [-0.4, -0.2) is 39.5 Å². The van der Waals surface area contributed by atoms with Gasteiger partial charge >= 0.3 is 0 Å². The Labute approximate surface area is 106 Å². The third-order valence-electron chi connectivity index (χ3n) is 3.33. The highest BCUT2D eigenvalue weighted by Gasteiger charge is 2.26. The van der Waals surface area contributed by atoms with E-state index >= 15 is 0 Å². The normalized spacial score (nSPS) is 17.0. The molecule has 1 saturated carbocycles. The molecule has 2 rings (SSSR count). The van der Waals surface area contributed by atoms with Crippen LogP contribution in [0.4, 0.5) is 0 Å². The third-order valence-corrected chi connectivity index (χ3v) is 3.50. The third kappa shape index (κ3) is 3.00. The number of amides is 1. The van der Waals surface area contributed by atoms with Gasteiger partial charge in [0.15, 0.2) is 0 Å². The quantitative estimate of drug-likeness (QED) is 0.840. The Bertz CT molecular complexity index is 347. The Morgan fingerprint density at radius 1 is 1.47 bits per heavy atom. The van der Waals surface area contributed by atoms with Crippen molar-refractivity contribution in [3.63, 3.8) is 0 Å². The number of aromatic nitrogens is 2. The molecule has 0 saturated heterocycles. The molecule has 1 aliphatic carbocycles. The van der Waals surface area contributed by atoms with Gasteiger partial charge in [-0.3, -0.25) is 9.89 Å². The van der Waals surface area contributed by atoms with Gasteiger partial charge in [0.2, 0.25) is 0 Å². The highest BCUT2D eigenvalue weighted by molar-refractivity contribution is 6.18. The summed E-state index contributed by atoms with van der Waals surface area (Å²) in [6.45, 7) is 0.615. The van der Waals surface area contributed by atoms with E-state index in [0.717, 1.165) is 12.8 Å². The molecule has 0 radical (unpaired) electrons. The van der Waals surface area contributed by atoms with Crippen molar-refractivity contribution in [1.29, 1.82) is 0 Å². The fraction of sp³-hybridized carbons (Fsp3) is 0.667. The van der Waals surface area contributed by atoms with E-state index in [2.05, 4.69) is 10.2 Å². The Hall–Kier alpha value is -1.03. The molecule has 1 amide bonds. The molecule has 1 heterocycles. The fourth-order valence-electron chi connectivity index (χ4n) is 2.46. The Morgan fingerprint density at radius 3 is 2.82 bits per heavy atom. The first-order chi connectivity index (χ1) is 8.33. The number of aromatic amines is 1. The lowest BCUT2D eigenvalue weighted by Crippen LogP contribution is -2.42. The van der Waals surface area contributed by atoms with Gasteiger partial charge in [-0.15, -0.1) is 11.6 Å². The lowest BCUT2D eigenvalue weighted by atomic mass is 9.94. The lowest BCUT2D eigenvalue weighted by molar-refractivity contribution is 0.0643. The van der Waals surface area contributed by atoms with Crippen LogP contribution >= 0.6 is 11.6 Å². The monoisotopic (exact) mass is 255 g/mol. The maximum atomic E-state index is 12.3. The average Bonchev–Trinajstić information content (AvgIpc) is 2.90. The first-order valence-corrected chi connectivity index (χ1v) is 6.72. The molecule has 17 heavy (non-hydrogen) atoms. The van der Waals surface area contributed by atoms with Crippen LogP contribution in [0.3, 0.4) is 0 Å². The minimum absolute atomic E-state index is 0.0232. The molecule has 0 bridgehead atoms. The summed E-state index contributed by atoms with van der Waals surface area (Å²) in [5, 5.41) is 6.56. The molecule has 0 unspecified atom stereocenters. The molecule has 94 valence electrons. The molecule has 1 aliphatic rings. The summed E-state index contributed by atoms with van der Waals surface area (Å²) in [4.78, 5) is 14.2. The van der Waals surface area contributed by atoms with Crippen LogP contribution in [-0.2, 0) is 0 Å². The van der Waals surface area contributed by atoms with Crippen molar-refractivity contribution in [3.8, 4) is 0 Å². The zero-order chi connectivity index (χ0) is 12.1. The highest BCUT2D eigenvalue weighted by Crippen LogP contribution is 2.23. The number of hydrogen-bond acceptors (Lipinski definition) is 2. The van der Waals surface area contributed by atoms with Crippen LogP contribution in [0.15, 0.2) is 12.3 Å². The molecule has 1 aromatic heterocycles. The number of H-pyrrole nitrogens is 1. The molecule has 1 N–H and O–H groups in total. The van der Waals surface area contributed by atoms with Crippen LogP contribution in [0, 0.1) is 0 Å². The zero-order valence-electron chi connectivity index (χ0n) is 9.86. The molecule has 0 aromatic carbocycles. The predicted octanol–water partition coefficient (Wildman–Crippen LogP) is 2.42. The van der Waals surface area contributed by atoms with Crippen LogP contribution in [0.1, 0.15) is 42.6 Å². The van der Waals surface area contributed by atoms with Gasteiger partial charge < -0.3 is 4.90 Å². The molecule has 1 aromatic rings. The van der Waals surface area contributed by atoms with Gasteiger partial charge in [0.25, 0.3) is 5.91 Å². The minimum atomic E-state index is 0.0232. The van der Waals surface area contributed by atoms with Crippen LogP contribution in [0.25, 0.3) is 0 Å². The maximum absolute atomic E-state index is 12.3. The summed E-state index contributed by atoms with van der Waals surface area (Å²) < 4.78 is 0. The van der Waals surface area contributed by atoms with Crippen molar-refractivity contribution >= 4 is 17.5 Å². The molecule has 0 spiro atoms. The molecule has 0 aliphatic heterocycles. The number of carbonyl (C=O) groups is 1. The maximum Gasteiger partial charge on any atom is 0.272 e. The number of nitrogens with one attached hydrogen (secondary N) is 1. The van der Waals surface area contributed by atoms with Crippen LogP contribution < -0.4 is 0 Å². The first-order valence-electron chi connectivity index (χ1n) is 6.19. The van der Waals surface area contributed by atoms with E-state index in [0.29, 0.717) is 24.2 Å². The fourth-order valence-corrected chi connectivity index (χ4v) is 2.65. The van der Waals surface area contributed by atoms with Crippen molar-refractivity contribution in [2.24, 2.45) is 0 Å². The second kappa shape index (κ2) is 6.05. The van der Waals surface area contributed by atoms with Crippen molar-refractivity contribution in [2.75, 3.05) is 12.4 Å². The number of alkyl halides is 1. The SMILES string of the molecule is O=C(c1ccn[nH]1)N(CCCl)C1CCCCC1. The van der Waals surface area contributed by atoms with Crippen molar-refractivity contribution in [1.82, 2.24) is 15.1 Å². The van der Waals surface area contributed by atoms with Crippen molar-refractivity contribution in [3.05, 3.63) is 18.0 Å². The number of halogens is 1. The second-order valence-electron chi connectivity index (χ2n) is 4.45. The van der Waals surface area contributed by atoms with Crippen LogP contribution in [0.2, 0.25) is 0 Å². The second-order valence-corrected chi connectivity index (χ2v) is 4.83. The molecule has 5 heteroatoms. The largest absolute Gasteiger partial charge is 0.333 e. The lowest BCUT2D eigenvalue weighted by Gasteiger charge is -2.33. The van der Waals surface area contributed by atoms with Gasteiger partial charge in [-0.05, 0) is 18.9 Å². The zero-order valence-corrected chi connectivity index (χ0v) is 10.6. The number of carbonyl (C=O) groups excluding carboxylic acids is 1. The van der Waals surface area contributed by atoms with E-state index in [4.69, 9.17) is 11.6 Å². The molecule has 4 nitrogen and oxygen atoms in total. The highest BCUT2D eigenvalue weighted by atomic mass is 35.5. The summed E-state index contributed by atoms with van der Waals surface area (Å²) in [7, 11) is 0. The van der Waals surface area contributed by atoms with Gasteiger partial charge in [0.1, 0.15) is 5.69 Å². The van der Waals surface area contributed by atoms with Gasteiger partial charge in [-0.25, -0.2) is 0 Å². The number of rotatable bonds is 4. The average molecular weight is 256 g/mol. The van der Waals surface area contributed by atoms with E-state index in [1.807, 2.05) is 4.90 Å². The van der Waals surface area contributed by atoms with Gasteiger partial charge in [0, 0.05) is 24.7 Å². The Balaban J connectivity index is 2.07. The summed E-state index contributed by atoms with van der Waals surface area (Å²) in [5.41, 5.74) is 0.556. The minimum Gasteiger partial charge on any atom is -0.333 e. The summed E-state index contributed by atoms with van der Waals surface area (Å²) in [5.74, 6) is 0.506. The Morgan fingerprint density at radius 2 is 2.24 bits per heavy atom. The molecule has 1 fully saturated rings. The summed E-state index contributed by atoms with van der Waals surface area (Å²) in [6.07, 6.45) is 7.49. The van der Waals surface area contributed by atoms with E-state index in [9.17, 15) is 4.79 Å².